The lowest BCUT2D eigenvalue weighted by Crippen LogP contribution is -2.52. The molecule has 1 amide bonds. The van der Waals surface area contributed by atoms with Gasteiger partial charge in [-0.3, -0.25) is 9.78 Å². The molecule has 28 heavy (non-hydrogen) atoms. The number of carbonyl (C=O) groups excluding carboxylic acids is 1. The Hall–Kier alpha value is -1.46. The summed E-state index contributed by atoms with van der Waals surface area (Å²) in [5.74, 6) is 1.05. The molecule has 1 aromatic heterocycles. The summed E-state index contributed by atoms with van der Waals surface area (Å²) in [6.07, 6.45) is 8.36. The average Bonchev–Trinajstić information content (AvgIpc) is 2.67. The lowest BCUT2D eigenvalue weighted by atomic mass is 9.72. The van der Waals surface area contributed by atoms with Crippen molar-refractivity contribution >= 4 is 5.91 Å². The first kappa shape index (κ1) is 19.8. The molecule has 154 valence electrons. The van der Waals surface area contributed by atoms with E-state index in [0.29, 0.717) is 24.3 Å². The van der Waals surface area contributed by atoms with Gasteiger partial charge in [0.25, 0.3) is 0 Å². The highest BCUT2D eigenvalue weighted by atomic mass is 16.5. The van der Waals surface area contributed by atoms with Crippen LogP contribution in [0, 0.1) is 11.3 Å². The second-order valence-corrected chi connectivity index (χ2v) is 9.84. The van der Waals surface area contributed by atoms with Crippen LogP contribution < -0.4 is 0 Å². The van der Waals surface area contributed by atoms with Gasteiger partial charge < -0.3 is 14.5 Å². The van der Waals surface area contributed by atoms with Crippen molar-refractivity contribution in [1.82, 2.24) is 14.8 Å². The molecule has 0 radical (unpaired) electrons. The van der Waals surface area contributed by atoms with Crippen LogP contribution in [-0.2, 0) is 16.1 Å². The third-order valence-corrected chi connectivity index (χ3v) is 7.06. The van der Waals surface area contributed by atoms with E-state index in [-0.39, 0.29) is 5.60 Å². The molecule has 5 nitrogen and oxygen atoms in total. The molecule has 5 heteroatoms. The van der Waals surface area contributed by atoms with Crippen molar-refractivity contribution in [2.24, 2.45) is 11.3 Å². The van der Waals surface area contributed by atoms with E-state index in [2.05, 4.69) is 28.6 Å². The van der Waals surface area contributed by atoms with E-state index in [1.165, 1.54) is 45.3 Å². The Morgan fingerprint density at radius 3 is 2.75 bits per heavy atom. The summed E-state index contributed by atoms with van der Waals surface area (Å²) in [5, 5.41) is 0. The van der Waals surface area contributed by atoms with Crippen molar-refractivity contribution in [2.45, 2.75) is 64.5 Å². The standard InChI is InChI=1S/C23H35N3O2/c1-22(2)15-19(7-14-28-22)16-25-12-9-23(10-13-25)8-6-21(27)26(18-23)17-20-5-3-4-11-24-20/h3-5,11,19H,6-10,12-18H2,1-2H3/t19-/m1/s1. The van der Waals surface area contributed by atoms with Crippen LogP contribution in [0.5, 0.6) is 0 Å². The molecule has 4 rings (SSSR count). The molecular weight excluding hydrogens is 350 g/mol. The zero-order valence-corrected chi connectivity index (χ0v) is 17.5. The summed E-state index contributed by atoms with van der Waals surface area (Å²) in [6, 6.07) is 5.95. The van der Waals surface area contributed by atoms with E-state index < -0.39 is 0 Å². The topological polar surface area (TPSA) is 45.7 Å². The van der Waals surface area contributed by atoms with E-state index >= 15 is 0 Å². The first-order valence-corrected chi connectivity index (χ1v) is 11.0. The monoisotopic (exact) mass is 385 g/mol. The first-order valence-electron chi connectivity index (χ1n) is 11.0. The molecule has 0 N–H and O–H groups in total. The van der Waals surface area contributed by atoms with Gasteiger partial charge in [0.05, 0.1) is 17.8 Å². The van der Waals surface area contributed by atoms with E-state index in [9.17, 15) is 4.79 Å². The number of ether oxygens (including phenoxy) is 1. The summed E-state index contributed by atoms with van der Waals surface area (Å²) in [7, 11) is 0. The molecule has 0 unspecified atom stereocenters. The summed E-state index contributed by atoms with van der Waals surface area (Å²) < 4.78 is 5.88. The van der Waals surface area contributed by atoms with E-state index in [1.54, 1.807) is 0 Å². The molecule has 3 saturated heterocycles. The van der Waals surface area contributed by atoms with Gasteiger partial charge in [0.1, 0.15) is 0 Å². The minimum absolute atomic E-state index is 0.0373. The highest BCUT2D eigenvalue weighted by Gasteiger charge is 2.41. The number of amides is 1. The van der Waals surface area contributed by atoms with Crippen molar-refractivity contribution < 1.29 is 9.53 Å². The number of piperidine rings is 2. The minimum atomic E-state index is 0.0373. The van der Waals surface area contributed by atoms with Gasteiger partial charge in [0.2, 0.25) is 5.91 Å². The fourth-order valence-electron chi connectivity index (χ4n) is 5.43. The lowest BCUT2D eigenvalue weighted by Gasteiger charge is -2.48. The Kier molecular flexibility index (Phi) is 5.75. The van der Waals surface area contributed by atoms with Crippen LogP contribution >= 0.6 is 0 Å². The van der Waals surface area contributed by atoms with Gasteiger partial charge in [-0.1, -0.05) is 6.07 Å². The van der Waals surface area contributed by atoms with E-state index in [1.807, 2.05) is 24.4 Å². The quantitative estimate of drug-likeness (QED) is 0.796. The van der Waals surface area contributed by atoms with Gasteiger partial charge in [-0.15, -0.1) is 0 Å². The normalized spacial score (nSPS) is 27.9. The number of rotatable bonds is 4. The summed E-state index contributed by atoms with van der Waals surface area (Å²) in [5.41, 5.74) is 1.34. The third-order valence-electron chi connectivity index (χ3n) is 7.06. The second-order valence-electron chi connectivity index (χ2n) is 9.84. The zero-order chi connectivity index (χ0) is 19.6. The molecule has 0 aromatic carbocycles. The highest BCUT2D eigenvalue weighted by molar-refractivity contribution is 5.77. The number of hydrogen-bond donors (Lipinski definition) is 0. The van der Waals surface area contributed by atoms with Crippen molar-refractivity contribution in [1.29, 1.82) is 0 Å². The number of likely N-dealkylation sites (tertiary alicyclic amines) is 2. The van der Waals surface area contributed by atoms with Gasteiger partial charge in [0, 0.05) is 32.3 Å². The SMILES string of the molecule is CC1(C)C[C@H](CN2CCC3(CCC(=O)N(Cc4ccccn4)C3)CC2)CCO1. The van der Waals surface area contributed by atoms with Crippen molar-refractivity contribution in [2.75, 3.05) is 32.8 Å². The predicted molar refractivity (Wildman–Crippen MR) is 110 cm³/mol. The van der Waals surface area contributed by atoms with Crippen LogP contribution in [0.15, 0.2) is 24.4 Å². The Bertz CT molecular complexity index is 668. The maximum Gasteiger partial charge on any atom is 0.222 e. The Labute approximate surface area is 169 Å². The molecule has 3 aliphatic rings. The van der Waals surface area contributed by atoms with Gasteiger partial charge in [-0.25, -0.2) is 0 Å². The van der Waals surface area contributed by atoms with Crippen LogP contribution in [0.25, 0.3) is 0 Å². The molecule has 1 aromatic rings. The van der Waals surface area contributed by atoms with Crippen LogP contribution in [-0.4, -0.2) is 59.1 Å². The second kappa shape index (κ2) is 8.11. The van der Waals surface area contributed by atoms with Crippen LogP contribution in [0.2, 0.25) is 0 Å². The summed E-state index contributed by atoms with van der Waals surface area (Å²) >= 11 is 0. The van der Waals surface area contributed by atoms with E-state index in [4.69, 9.17) is 4.74 Å². The Morgan fingerprint density at radius 1 is 1.21 bits per heavy atom. The largest absolute Gasteiger partial charge is 0.376 e. The number of hydrogen-bond acceptors (Lipinski definition) is 4. The minimum Gasteiger partial charge on any atom is -0.376 e. The summed E-state index contributed by atoms with van der Waals surface area (Å²) in [6.45, 7) is 10.5. The molecule has 0 bridgehead atoms. The maximum absolute atomic E-state index is 12.5. The first-order chi connectivity index (χ1) is 13.4. The molecule has 3 fully saturated rings. The van der Waals surface area contributed by atoms with Crippen molar-refractivity contribution in [3.05, 3.63) is 30.1 Å². The fourth-order valence-corrected chi connectivity index (χ4v) is 5.43. The summed E-state index contributed by atoms with van der Waals surface area (Å²) in [4.78, 5) is 21.6. The molecule has 3 aliphatic heterocycles. The number of pyridine rings is 1. The highest BCUT2D eigenvalue weighted by Crippen LogP contribution is 2.41. The zero-order valence-electron chi connectivity index (χ0n) is 17.5. The fraction of sp³-hybridized carbons (Fsp3) is 0.739. The molecular formula is C23H35N3O2. The lowest BCUT2D eigenvalue weighted by molar-refractivity contribution is -0.140. The number of aromatic nitrogens is 1. The smallest absolute Gasteiger partial charge is 0.222 e. The molecule has 1 spiro atoms. The van der Waals surface area contributed by atoms with Gasteiger partial charge in [-0.05, 0) is 82.5 Å². The molecule has 4 heterocycles. The van der Waals surface area contributed by atoms with Gasteiger partial charge >= 0.3 is 0 Å². The maximum atomic E-state index is 12.5. The van der Waals surface area contributed by atoms with Crippen LogP contribution in [0.3, 0.4) is 0 Å². The van der Waals surface area contributed by atoms with Gasteiger partial charge in [0.15, 0.2) is 0 Å². The Morgan fingerprint density at radius 2 is 2.04 bits per heavy atom. The van der Waals surface area contributed by atoms with Crippen LogP contribution in [0.4, 0.5) is 0 Å². The third kappa shape index (κ3) is 4.74. The number of nitrogens with zero attached hydrogens (tertiary/aromatic N) is 3. The number of carbonyl (C=O) groups is 1. The average molecular weight is 386 g/mol. The molecule has 0 aliphatic carbocycles. The van der Waals surface area contributed by atoms with Crippen molar-refractivity contribution in [3.63, 3.8) is 0 Å². The molecule has 1 atom stereocenters. The van der Waals surface area contributed by atoms with Crippen LogP contribution in [0.1, 0.15) is 58.1 Å². The van der Waals surface area contributed by atoms with Gasteiger partial charge in [-0.2, -0.15) is 0 Å². The molecule has 0 saturated carbocycles. The Balaban J connectivity index is 1.31. The predicted octanol–water partition coefficient (Wildman–Crippen LogP) is 3.49. The van der Waals surface area contributed by atoms with Crippen molar-refractivity contribution in [3.8, 4) is 0 Å². The van der Waals surface area contributed by atoms with E-state index in [0.717, 1.165) is 31.2 Å².